The maximum absolute atomic E-state index is 14.4. The highest BCUT2D eigenvalue weighted by Gasteiger charge is 2.25. The number of nitrogens with one attached hydrogen (secondary N) is 3. The van der Waals surface area contributed by atoms with E-state index in [1.807, 2.05) is 0 Å². The van der Waals surface area contributed by atoms with E-state index in [9.17, 15) is 23.6 Å². The van der Waals surface area contributed by atoms with Crippen molar-refractivity contribution in [1.29, 1.82) is 0 Å². The van der Waals surface area contributed by atoms with Gasteiger partial charge in [0.25, 0.3) is 17.7 Å². The lowest BCUT2D eigenvalue weighted by atomic mass is 9.80. The van der Waals surface area contributed by atoms with Gasteiger partial charge in [-0.15, -0.1) is 0 Å². The number of Topliss-reactive ketones (excluding diaryl/α,β-unsaturated/α-hetero) is 1. The van der Waals surface area contributed by atoms with Crippen LogP contribution < -0.4 is 20.7 Å². The van der Waals surface area contributed by atoms with Crippen LogP contribution in [0.1, 0.15) is 59.1 Å². The summed E-state index contributed by atoms with van der Waals surface area (Å²) in [6.45, 7) is 2.05. The molecular formula is C26H27FN6O5. The summed E-state index contributed by atoms with van der Waals surface area (Å²) in [4.78, 5) is 53.2. The van der Waals surface area contributed by atoms with Gasteiger partial charge in [-0.1, -0.05) is 6.07 Å². The lowest BCUT2D eigenvalue weighted by Gasteiger charge is -2.27. The van der Waals surface area contributed by atoms with Crippen molar-refractivity contribution in [3.05, 3.63) is 53.2 Å². The SMILES string of the molecule is CC(=O)C1CCC(CNC(=O)c2cc(C(=O)NCc3ccc4c(c3)NC(=O)CO4)nc3c(F)cnn23)CC1. The van der Waals surface area contributed by atoms with Gasteiger partial charge in [-0.05, 0) is 56.2 Å². The van der Waals surface area contributed by atoms with Crippen LogP contribution in [0.15, 0.2) is 30.5 Å². The van der Waals surface area contributed by atoms with Crippen LogP contribution in [0.4, 0.5) is 10.1 Å². The van der Waals surface area contributed by atoms with Crippen LogP contribution in [0.5, 0.6) is 5.75 Å². The van der Waals surface area contributed by atoms with Crippen molar-refractivity contribution in [3.8, 4) is 5.75 Å². The molecule has 0 saturated heterocycles. The maximum Gasteiger partial charge on any atom is 0.270 e. The van der Waals surface area contributed by atoms with Gasteiger partial charge in [0.2, 0.25) is 0 Å². The van der Waals surface area contributed by atoms with Gasteiger partial charge in [-0.25, -0.2) is 13.9 Å². The van der Waals surface area contributed by atoms with Crippen molar-refractivity contribution in [2.24, 2.45) is 11.8 Å². The Morgan fingerprint density at radius 1 is 1.13 bits per heavy atom. The Labute approximate surface area is 217 Å². The summed E-state index contributed by atoms with van der Waals surface area (Å²) in [5.41, 5.74) is 0.798. The zero-order valence-corrected chi connectivity index (χ0v) is 20.8. The molecule has 38 heavy (non-hydrogen) atoms. The second-order valence-corrected chi connectivity index (χ2v) is 9.64. The highest BCUT2D eigenvalue weighted by atomic mass is 19.1. The second kappa shape index (κ2) is 10.6. The minimum atomic E-state index is -0.762. The highest BCUT2D eigenvalue weighted by molar-refractivity contribution is 5.98. The number of fused-ring (bicyclic) bond motifs is 2. The molecule has 0 radical (unpaired) electrons. The zero-order valence-electron chi connectivity index (χ0n) is 20.8. The Bertz CT molecular complexity index is 1430. The molecule has 3 N–H and O–H groups in total. The van der Waals surface area contributed by atoms with E-state index in [4.69, 9.17) is 4.74 Å². The van der Waals surface area contributed by atoms with E-state index >= 15 is 0 Å². The fraction of sp³-hybridized carbons (Fsp3) is 0.385. The summed E-state index contributed by atoms with van der Waals surface area (Å²) in [6.07, 6.45) is 4.20. The van der Waals surface area contributed by atoms with Crippen LogP contribution in [0.3, 0.4) is 0 Å². The van der Waals surface area contributed by atoms with Crippen molar-refractivity contribution >= 4 is 34.8 Å². The van der Waals surface area contributed by atoms with Gasteiger partial charge in [0, 0.05) is 25.1 Å². The fourth-order valence-corrected chi connectivity index (χ4v) is 4.83. The predicted octanol–water partition coefficient (Wildman–Crippen LogP) is 2.25. The van der Waals surface area contributed by atoms with Crippen LogP contribution in [0, 0.1) is 17.7 Å². The molecule has 0 bridgehead atoms. The van der Waals surface area contributed by atoms with Gasteiger partial charge >= 0.3 is 0 Å². The molecule has 0 unspecified atom stereocenters. The van der Waals surface area contributed by atoms with Gasteiger partial charge in [0.1, 0.15) is 22.9 Å². The van der Waals surface area contributed by atoms with E-state index in [2.05, 4.69) is 26.0 Å². The lowest BCUT2D eigenvalue weighted by Crippen LogP contribution is -2.34. The molecule has 1 fully saturated rings. The van der Waals surface area contributed by atoms with E-state index in [0.717, 1.165) is 36.4 Å². The molecule has 1 aliphatic carbocycles. The topological polar surface area (TPSA) is 144 Å². The number of rotatable bonds is 7. The Hall–Kier alpha value is -4.35. The Balaban J connectivity index is 1.27. The molecule has 3 heterocycles. The zero-order chi connectivity index (χ0) is 26.8. The number of ketones is 1. The normalized spacial score (nSPS) is 18.7. The number of hydrogen-bond donors (Lipinski definition) is 3. The van der Waals surface area contributed by atoms with E-state index in [1.54, 1.807) is 25.1 Å². The van der Waals surface area contributed by atoms with Gasteiger partial charge in [0.15, 0.2) is 18.1 Å². The number of carbonyl (C=O) groups excluding carboxylic acids is 4. The third-order valence-corrected chi connectivity index (χ3v) is 7.00. The van der Waals surface area contributed by atoms with Crippen LogP contribution in [-0.2, 0) is 16.1 Å². The van der Waals surface area contributed by atoms with Crippen molar-refractivity contribution in [2.45, 2.75) is 39.2 Å². The second-order valence-electron chi connectivity index (χ2n) is 9.64. The molecule has 198 valence electrons. The molecule has 1 aliphatic heterocycles. The number of carbonyl (C=O) groups is 4. The first-order valence-corrected chi connectivity index (χ1v) is 12.4. The number of anilines is 1. The summed E-state index contributed by atoms with van der Waals surface area (Å²) in [6, 6.07) is 6.39. The van der Waals surface area contributed by atoms with Gasteiger partial charge in [0.05, 0.1) is 11.9 Å². The molecule has 11 nitrogen and oxygen atoms in total. The number of amides is 3. The number of nitrogens with zero attached hydrogens (tertiary/aromatic N) is 3. The molecule has 0 atom stereocenters. The standard InChI is InChI=1S/C26H27FN6O5/c1-14(34)17-5-2-15(3-6-17)10-29-26(37)21-9-20(32-24-18(27)12-30-33(21)24)25(36)28-11-16-4-7-22-19(8-16)31-23(35)13-38-22/h4,7-9,12,15,17H,2-3,5-6,10-11,13H2,1H3,(H,28,36)(H,29,37)(H,31,35). The summed E-state index contributed by atoms with van der Waals surface area (Å²) in [5, 5.41) is 12.2. The number of aromatic nitrogens is 3. The summed E-state index contributed by atoms with van der Waals surface area (Å²) in [7, 11) is 0. The fourth-order valence-electron chi connectivity index (χ4n) is 4.83. The first-order chi connectivity index (χ1) is 18.3. The number of hydrogen-bond acceptors (Lipinski definition) is 7. The predicted molar refractivity (Wildman–Crippen MR) is 133 cm³/mol. The average Bonchev–Trinajstić information content (AvgIpc) is 3.30. The summed E-state index contributed by atoms with van der Waals surface area (Å²) in [5.74, 6) is -1.10. The molecule has 5 rings (SSSR count). The lowest BCUT2D eigenvalue weighted by molar-refractivity contribution is -0.122. The van der Waals surface area contributed by atoms with Gasteiger partial charge in [-0.2, -0.15) is 5.10 Å². The van der Waals surface area contributed by atoms with E-state index < -0.39 is 17.6 Å². The number of benzene rings is 1. The number of halogens is 1. The molecule has 12 heteroatoms. The molecule has 3 amide bonds. The van der Waals surface area contributed by atoms with E-state index in [0.29, 0.717) is 23.5 Å². The van der Waals surface area contributed by atoms with Crippen molar-refractivity contribution in [3.63, 3.8) is 0 Å². The smallest absolute Gasteiger partial charge is 0.270 e. The van der Waals surface area contributed by atoms with Crippen LogP contribution >= 0.6 is 0 Å². The molecule has 3 aromatic rings. The summed E-state index contributed by atoms with van der Waals surface area (Å²) >= 11 is 0. The molecule has 0 spiro atoms. The van der Waals surface area contributed by atoms with Gasteiger partial charge < -0.3 is 20.7 Å². The van der Waals surface area contributed by atoms with E-state index in [-0.39, 0.29) is 53.7 Å². The van der Waals surface area contributed by atoms with Crippen LogP contribution in [0.25, 0.3) is 5.65 Å². The Morgan fingerprint density at radius 3 is 2.68 bits per heavy atom. The van der Waals surface area contributed by atoms with Crippen molar-refractivity contribution < 1.29 is 28.3 Å². The van der Waals surface area contributed by atoms with Crippen molar-refractivity contribution in [2.75, 3.05) is 18.5 Å². The largest absolute Gasteiger partial charge is 0.482 e. The highest BCUT2D eigenvalue weighted by Crippen LogP contribution is 2.29. The molecule has 1 aromatic carbocycles. The first-order valence-electron chi connectivity index (χ1n) is 12.4. The van der Waals surface area contributed by atoms with Crippen LogP contribution in [-0.4, -0.2) is 51.3 Å². The minimum absolute atomic E-state index is 0.0184. The average molecular weight is 523 g/mol. The molecule has 1 saturated carbocycles. The van der Waals surface area contributed by atoms with Crippen molar-refractivity contribution in [1.82, 2.24) is 25.2 Å². The van der Waals surface area contributed by atoms with Crippen LogP contribution in [0.2, 0.25) is 0 Å². The number of ether oxygens (including phenoxy) is 1. The van der Waals surface area contributed by atoms with E-state index in [1.165, 1.54) is 6.07 Å². The Morgan fingerprint density at radius 2 is 1.92 bits per heavy atom. The minimum Gasteiger partial charge on any atom is -0.482 e. The molecular weight excluding hydrogens is 495 g/mol. The third kappa shape index (κ3) is 5.34. The molecule has 2 aliphatic rings. The quantitative estimate of drug-likeness (QED) is 0.432. The Kier molecular flexibility index (Phi) is 7.03. The first kappa shape index (κ1) is 25.3. The van der Waals surface area contributed by atoms with Gasteiger partial charge in [-0.3, -0.25) is 19.2 Å². The maximum atomic E-state index is 14.4. The molecule has 2 aromatic heterocycles. The monoisotopic (exact) mass is 522 g/mol. The summed E-state index contributed by atoms with van der Waals surface area (Å²) < 4.78 is 20.8. The third-order valence-electron chi connectivity index (χ3n) is 7.00.